The summed E-state index contributed by atoms with van der Waals surface area (Å²) in [4.78, 5) is 23.4. The highest BCUT2D eigenvalue weighted by Crippen LogP contribution is 2.61. The Kier molecular flexibility index (Phi) is 3.98. The van der Waals surface area contributed by atoms with E-state index in [1.165, 1.54) is 19.3 Å². The lowest BCUT2D eigenvalue weighted by Crippen LogP contribution is -2.49. The van der Waals surface area contributed by atoms with Gasteiger partial charge in [0.2, 0.25) is 0 Å². The Hall–Kier alpha value is -0.570. The van der Waals surface area contributed by atoms with Crippen LogP contribution in [0.2, 0.25) is 0 Å². The average Bonchev–Trinajstić information content (AvgIpc) is 2.82. The minimum Gasteiger partial charge on any atom is -0.450 e. The van der Waals surface area contributed by atoms with Crippen molar-refractivity contribution >= 4 is 22.8 Å². The van der Waals surface area contributed by atoms with Gasteiger partial charge in [0.05, 0.1) is 0 Å². The molecular weight excluding hydrogens is 312 g/mol. The molecule has 0 aliphatic heterocycles. The van der Waals surface area contributed by atoms with Gasteiger partial charge in [-0.3, -0.25) is 4.79 Å². The molecule has 3 unspecified atom stereocenters. The van der Waals surface area contributed by atoms with E-state index in [2.05, 4.69) is 6.92 Å². The van der Waals surface area contributed by atoms with E-state index in [4.69, 9.17) is 16.3 Å². The van der Waals surface area contributed by atoms with Crippen LogP contribution in [0.4, 0.5) is 4.79 Å². The molecule has 0 amide bonds. The molecule has 7 atom stereocenters. The maximum atomic E-state index is 12.4. The minimum absolute atomic E-state index is 0.0145. The van der Waals surface area contributed by atoms with Crippen LogP contribution in [0.1, 0.15) is 64.7 Å². The van der Waals surface area contributed by atoms with Gasteiger partial charge in [-0.1, -0.05) is 6.92 Å². The number of carbonyl (C=O) groups is 2. The highest BCUT2D eigenvalue weighted by molar-refractivity contribution is 6.61. The van der Waals surface area contributed by atoms with E-state index in [0.717, 1.165) is 56.3 Å². The first-order valence-corrected chi connectivity index (χ1v) is 9.76. The number of ether oxygens (including phenoxy) is 1. The predicted molar refractivity (Wildman–Crippen MR) is 88.2 cm³/mol. The Morgan fingerprint density at radius 1 is 1.09 bits per heavy atom. The highest BCUT2D eigenvalue weighted by atomic mass is 35.5. The van der Waals surface area contributed by atoms with Gasteiger partial charge in [-0.25, -0.2) is 4.79 Å². The molecule has 128 valence electrons. The van der Waals surface area contributed by atoms with E-state index in [9.17, 15) is 9.59 Å². The second-order valence-electron chi connectivity index (χ2n) is 8.64. The van der Waals surface area contributed by atoms with Gasteiger partial charge >= 0.3 is 5.43 Å². The lowest BCUT2D eigenvalue weighted by molar-refractivity contribution is -0.133. The zero-order valence-electron chi connectivity index (χ0n) is 13.9. The summed E-state index contributed by atoms with van der Waals surface area (Å²) in [5.41, 5.74) is -0.667. The van der Waals surface area contributed by atoms with Crippen LogP contribution in [-0.4, -0.2) is 17.3 Å². The van der Waals surface area contributed by atoms with Crippen LogP contribution < -0.4 is 0 Å². The Balaban J connectivity index is 1.48. The number of rotatable bonds is 1. The molecule has 0 bridgehead atoms. The van der Waals surface area contributed by atoms with Crippen molar-refractivity contribution in [2.75, 3.05) is 0 Å². The second-order valence-corrected chi connectivity index (χ2v) is 8.95. The average molecular weight is 339 g/mol. The molecular formula is C19H27ClO3. The summed E-state index contributed by atoms with van der Waals surface area (Å²) >= 11 is 5.39. The summed E-state index contributed by atoms with van der Waals surface area (Å²) in [5, 5.41) is 0. The quantitative estimate of drug-likeness (QED) is 0.635. The first kappa shape index (κ1) is 15.9. The van der Waals surface area contributed by atoms with Crippen molar-refractivity contribution in [3.05, 3.63) is 0 Å². The van der Waals surface area contributed by atoms with Gasteiger partial charge in [0, 0.05) is 23.4 Å². The van der Waals surface area contributed by atoms with Crippen LogP contribution in [0, 0.1) is 35.0 Å². The van der Waals surface area contributed by atoms with Crippen LogP contribution in [0.3, 0.4) is 0 Å². The topological polar surface area (TPSA) is 43.4 Å². The van der Waals surface area contributed by atoms with Crippen LogP contribution >= 0.6 is 11.6 Å². The van der Waals surface area contributed by atoms with Crippen molar-refractivity contribution in [1.29, 1.82) is 0 Å². The van der Waals surface area contributed by atoms with Gasteiger partial charge < -0.3 is 4.74 Å². The maximum Gasteiger partial charge on any atom is 0.404 e. The van der Waals surface area contributed by atoms with Gasteiger partial charge in [0.1, 0.15) is 11.9 Å². The van der Waals surface area contributed by atoms with Crippen molar-refractivity contribution in [2.24, 2.45) is 35.0 Å². The van der Waals surface area contributed by atoms with Crippen LogP contribution in [-0.2, 0) is 9.53 Å². The molecule has 0 radical (unpaired) electrons. The van der Waals surface area contributed by atoms with Gasteiger partial charge in [-0.2, -0.15) is 0 Å². The van der Waals surface area contributed by atoms with E-state index in [1.807, 2.05) is 0 Å². The Bertz CT molecular complexity index is 519. The fraction of sp³-hybridized carbons (Fsp3) is 0.895. The fourth-order valence-corrected chi connectivity index (χ4v) is 6.95. The summed E-state index contributed by atoms with van der Waals surface area (Å²) in [7, 11) is 0. The van der Waals surface area contributed by atoms with E-state index in [-0.39, 0.29) is 11.5 Å². The summed E-state index contributed by atoms with van der Waals surface area (Å²) in [6.45, 7) is 2.24. The molecule has 0 N–H and O–H groups in total. The number of carbonyl (C=O) groups excluding carboxylic acids is 2. The maximum absolute atomic E-state index is 12.4. The van der Waals surface area contributed by atoms with Crippen molar-refractivity contribution in [1.82, 2.24) is 0 Å². The SMILES string of the molecule is C[C@]12CC[C@@H]3C4CCC(OC(=O)Cl)CC4CC[C@H]3[C@@H]1CCC2=O. The number of fused-ring (bicyclic) bond motifs is 5. The second kappa shape index (κ2) is 5.75. The molecule has 3 nitrogen and oxygen atoms in total. The summed E-state index contributed by atoms with van der Waals surface area (Å²) < 4.78 is 5.26. The molecule has 0 aromatic carbocycles. The first-order chi connectivity index (χ1) is 11.0. The standard InChI is InChI=1S/C19H27ClO3/c1-19-9-8-14-13-5-3-12(23-18(20)22)10-11(13)2-4-15(14)16(19)6-7-17(19)21/h11-16H,2-10H2,1H3/t11?,12?,13?,14-,15-,16+,19+/m1/s1. The van der Waals surface area contributed by atoms with Crippen molar-refractivity contribution in [3.63, 3.8) is 0 Å². The molecule has 4 saturated carbocycles. The molecule has 23 heavy (non-hydrogen) atoms. The zero-order chi connectivity index (χ0) is 16.2. The summed E-state index contributed by atoms with van der Waals surface area (Å²) in [6, 6.07) is 0. The van der Waals surface area contributed by atoms with Gasteiger partial charge in [-0.15, -0.1) is 0 Å². The molecule has 0 aromatic heterocycles. The predicted octanol–water partition coefficient (Wildman–Crippen LogP) is 4.95. The Morgan fingerprint density at radius 3 is 2.65 bits per heavy atom. The first-order valence-electron chi connectivity index (χ1n) is 9.38. The number of halogens is 1. The Labute approximate surface area is 143 Å². The lowest BCUT2D eigenvalue weighted by Gasteiger charge is -2.54. The fourth-order valence-electron chi connectivity index (χ4n) is 6.82. The normalized spacial score (nSPS) is 49.0. The Morgan fingerprint density at radius 2 is 1.87 bits per heavy atom. The monoisotopic (exact) mass is 338 g/mol. The largest absolute Gasteiger partial charge is 0.450 e. The van der Waals surface area contributed by atoms with E-state index in [1.54, 1.807) is 0 Å². The smallest absolute Gasteiger partial charge is 0.404 e. The number of hydrogen-bond acceptors (Lipinski definition) is 3. The molecule has 0 aromatic rings. The molecule has 0 spiro atoms. The third-order valence-corrected chi connectivity index (χ3v) is 7.96. The molecule has 4 fully saturated rings. The molecule has 0 heterocycles. The van der Waals surface area contributed by atoms with Gasteiger partial charge in [0.25, 0.3) is 0 Å². The van der Waals surface area contributed by atoms with E-state index >= 15 is 0 Å². The van der Waals surface area contributed by atoms with Gasteiger partial charge in [0.15, 0.2) is 0 Å². The molecule has 4 aliphatic carbocycles. The molecule has 4 heteroatoms. The lowest BCUT2D eigenvalue weighted by atomic mass is 9.50. The van der Waals surface area contributed by atoms with Gasteiger partial charge in [-0.05, 0) is 81.0 Å². The van der Waals surface area contributed by atoms with Crippen LogP contribution in [0.15, 0.2) is 0 Å². The van der Waals surface area contributed by atoms with E-state index in [0.29, 0.717) is 17.6 Å². The summed E-state index contributed by atoms with van der Waals surface area (Å²) in [5.74, 6) is 4.18. The highest BCUT2D eigenvalue weighted by Gasteiger charge is 2.56. The van der Waals surface area contributed by atoms with Crippen molar-refractivity contribution in [2.45, 2.75) is 70.8 Å². The van der Waals surface area contributed by atoms with Crippen molar-refractivity contribution in [3.8, 4) is 0 Å². The number of hydrogen-bond donors (Lipinski definition) is 0. The van der Waals surface area contributed by atoms with Crippen LogP contribution in [0.25, 0.3) is 0 Å². The summed E-state index contributed by atoms with van der Waals surface area (Å²) in [6.07, 6.45) is 9.91. The van der Waals surface area contributed by atoms with Crippen LogP contribution in [0.5, 0.6) is 0 Å². The zero-order valence-corrected chi connectivity index (χ0v) is 14.7. The molecule has 4 aliphatic rings. The van der Waals surface area contributed by atoms with Crippen molar-refractivity contribution < 1.29 is 14.3 Å². The number of ketones is 1. The number of Topliss-reactive ketones (excluding diaryl/α,β-unsaturated/α-hetero) is 1. The van der Waals surface area contributed by atoms with E-state index < -0.39 is 5.43 Å². The third kappa shape index (κ3) is 2.54. The third-order valence-electron chi connectivity index (χ3n) is 7.87. The molecule has 4 rings (SSSR count). The molecule has 0 saturated heterocycles. The minimum atomic E-state index is -0.653.